The van der Waals surface area contributed by atoms with Crippen molar-refractivity contribution in [3.05, 3.63) is 16.4 Å². The number of Topliss-reactive ketones (excluding diaryl/α,β-unsaturated/α-hetero) is 1. The average molecular weight is 315 g/mol. The Bertz CT molecular complexity index is 436. The van der Waals surface area contributed by atoms with Crippen LogP contribution in [0.25, 0.3) is 0 Å². The second kappa shape index (κ2) is 5.53. The van der Waals surface area contributed by atoms with E-state index < -0.39 is 5.60 Å². The third kappa shape index (κ3) is 2.52. The first-order chi connectivity index (χ1) is 8.58. The number of aromatic nitrogens is 2. The molecule has 1 N–H and O–H groups in total. The Labute approximate surface area is 116 Å². The van der Waals surface area contributed by atoms with E-state index in [-0.39, 0.29) is 5.78 Å². The largest absolute Gasteiger partial charge is 0.382 e. The molecule has 1 saturated carbocycles. The minimum atomic E-state index is -1.19. The van der Waals surface area contributed by atoms with Crippen molar-refractivity contribution < 1.29 is 9.90 Å². The Kier molecular flexibility index (Phi) is 4.22. The number of nitrogens with zero attached hydrogens (tertiary/aromatic N) is 2. The third-order valence-corrected chi connectivity index (χ3v) is 4.13. The summed E-state index contributed by atoms with van der Waals surface area (Å²) in [5, 5.41) is 14.7. The van der Waals surface area contributed by atoms with Gasteiger partial charge in [-0.1, -0.05) is 26.2 Å². The summed E-state index contributed by atoms with van der Waals surface area (Å²) >= 11 is 3.36. The highest BCUT2D eigenvalue weighted by Crippen LogP contribution is 2.33. The normalized spacial score (nSPS) is 18.8. The molecule has 0 atom stereocenters. The Morgan fingerprint density at radius 2 is 2.17 bits per heavy atom. The molecular weight excluding hydrogens is 296 g/mol. The van der Waals surface area contributed by atoms with Crippen LogP contribution < -0.4 is 0 Å². The van der Waals surface area contributed by atoms with E-state index in [4.69, 9.17) is 0 Å². The molecule has 4 nitrogen and oxygen atoms in total. The van der Waals surface area contributed by atoms with E-state index in [9.17, 15) is 9.90 Å². The molecule has 0 aliphatic heterocycles. The Morgan fingerprint density at radius 1 is 1.50 bits per heavy atom. The molecule has 0 saturated heterocycles. The zero-order valence-corrected chi connectivity index (χ0v) is 12.2. The van der Waals surface area contributed by atoms with Crippen molar-refractivity contribution in [1.82, 2.24) is 9.78 Å². The zero-order valence-electron chi connectivity index (χ0n) is 10.7. The number of hydrogen-bond acceptors (Lipinski definition) is 3. The van der Waals surface area contributed by atoms with Crippen LogP contribution in [0, 0.1) is 0 Å². The van der Waals surface area contributed by atoms with E-state index in [0.717, 1.165) is 25.7 Å². The molecule has 1 fully saturated rings. The first kappa shape index (κ1) is 13.7. The molecule has 0 amide bonds. The third-order valence-electron chi connectivity index (χ3n) is 3.55. The molecule has 0 aromatic carbocycles. The average Bonchev–Trinajstić information content (AvgIpc) is 2.71. The van der Waals surface area contributed by atoms with Crippen molar-refractivity contribution in [1.29, 1.82) is 0 Å². The summed E-state index contributed by atoms with van der Waals surface area (Å²) in [6.45, 7) is 2.74. The number of halogens is 1. The predicted octanol–water partition coefficient (Wildman–Crippen LogP) is 2.93. The van der Waals surface area contributed by atoms with E-state index in [1.165, 1.54) is 0 Å². The van der Waals surface area contributed by atoms with Crippen molar-refractivity contribution in [2.24, 2.45) is 0 Å². The summed E-state index contributed by atoms with van der Waals surface area (Å²) in [5.41, 5.74) is -0.673. The second-order valence-corrected chi connectivity index (χ2v) is 5.84. The fourth-order valence-corrected chi connectivity index (χ4v) is 3.03. The van der Waals surface area contributed by atoms with E-state index in [1.54, 1.807) is 10.9 Å². The highest BCUT2D eigenvalue weighted by atomic mass is 79.9. The smallest absolute Gasteiger partial charge is 0.213 e. The van der Waals surface area contributed by atoms with Crippen molar-refractivity contribution in [2.75, 3.05) is 0 Å². The lowest BCUT2D eigenvalue weighted by Crippen LogP contribution is -2.41. The van der Waals surface area contributed by atoms with E-state index in [1.807, 2.05) is 6.92 Å². The van der Waals surface area contributed by atoms with Gasteiger partial charge in [0.2, 0.25) is 5.78 Å². The summed E-state index contributed by atoms with van der Waals surface area (Å²) in [6, 6.07) is 0. The van der Waals surface area contributed by atoms with Crippen LogP contribution >= 0.6 is 15.9 Å². The van der Waals surface area contributed by atoms with Crippen LogP contribution in [-0.4, -0.2) is 26.3 Å². The van der Waals surface area contributed by atoms with Gasteiger partial charge in [0.05, 0.1) is 10.7 Å². The van der Waals surface area contributed by atoms with E-state index >= 15 is 0 Å². The summed E-state index contributed by atoms with van der Waals surface area (Å²) in [6.07, 6.45) is 6.61. The molecule has 0 spiro atoms. The Morgan fingerprint density at radius 3 is 2.78 bits per heavy atom. The molecule has 2 rings (SSSR count). The predicted molar refractivity (Wildman–Crippen MR) is 72.6 cm³/mol. The number of hydrogen-bond donors (Lipinski definition) is 1. The van der Waals surface area contributed by atoms with Gasteiger partial charge >= 0.3 is 0 Å². The first-order valence-electron chi connectivity index (χ1n) is 6.57. The SMILES string of the molecule is CCCn1ncc(Br)c1C(=O)C1(O)CCCCC1. The zero-order chi connectivity index (χ0) is 13.2. The number of carbonyl (C=O) groups excluding carboxylic acids is 1. The van der Waals surface area contributed by atoms with Gasteiger partial charge in [0.25, 0.3) is 0 Å². The van der Waals surface area contributed by atoms with Crippen LogP contribution in [0.3, 0.4) is 0 Å². The summed E-state index contributed by atoms with van der Waals surface area (Å²) in [7, 11) is 0. The van der Waals surface area contributed by atoms with Crippen molar-refractivity contribution >= 4 is 21.7 Å². The van der Waals surface area contributed by atoms with Gasteiger partial charge in [0, 0.05) is 6.54 Å². The van der Waals surface area contributed by atoms with Crippen LogP contribution in [0.4, 0.5) is 0 Å². The molecule has 1 aliphatic rings. The summed E-state index contributed by atoms with van der Waals surface area (Å²) in [4.78, 5) is 12.6. The molecule has 1 aliphatic carbocycles. The lowest BCUT2D eigenvalue weighted by Gasteiger charge is -2.30. The van der Waals surface area contributed by atoms with Gasteiger partial charge in [0.15, 0.2) is 0 Å². The Balaban J connectivity index is 2.29. The van der Waals surface area contributed by atoms with Gasteiger partial charge in [-0.25, -0.2) is 0 Å². The molecule has 0 bridgehead atoms. The van der Waals surface area contributed by atoms with E-state index in [2.05, 4.69) is 21.0 Å². The minimum absolute atomic E-state index is 0.181. The molecule has 0 unspecified atom stereocenters. The van der Waals surface area contributed by atoms with Gasteiger partial charge in [0.1, 0.15) is 11.3 Å². The van der Waals surface area contributed by atoms with Crippen LogP contribution in [0.1, 0.15) is 55.9 Å². The number of carbonyl (C=O) groups is 1. The maximum Gasteiger partial charge on any atom is 0.213 e. The number of rotatable bonds is 4. The van der Waals surface area contributed by atoms with Gasteiger partial charge in [-0.3, -0.25) is 9.48 Å². The van der Waals surface area contributed by atoms with Crippen LogP contribution in [0.2, 0.25) is 0 Å². The van der Waals surface area contributed by atoms with Gasteiger partial charge in [-0.05, 0) is 35.2 Å². The Hall–Kier alpha value is -0.680. The number of aliphatic hydroxyl groups is 1. The summed E-state index contributed by atoms with van der Waals surface area (Å²) in [5.74, 6) is -0.181. The van der Waals surface area contributed by atoms with Gasteiger partial charge in [-0.15, -0.1) is 0 Å². The van der Waals surface area contributed by atoms with Gasteiger partial charge in [-0.2, -0.15) is 5.10 Å². The van der Waals surface area contributed by atoms with Crippen molar-refractivity contribution in [3.8, 4) is 0 Å². The number of aryl methyl sites for hydroxylation is 1. The molecule has 0 radical (unpaired) electrons. The lowest BCUT2D eigenvalue weighted by atomic mass is 9.81. The monoisotopic (exact) mass is 314 g/mol. The van der Waals surface area contributed by atoms with E-state index in [0.29, 0.717) is 29.6 Å². The minimum Gasteiger partial charge on any atom is -0.382 e. The highest BCUT2D eigenvalue weighted by Gasteiger charge is 2.40. The molecule has 100 valence electrons. The molecule has 1 aromatic rings. The maximum absolute atomic E-state index is 12.6. The summed E-state index contributed by atoms with van der Waals surface area (Å²) < 4.78 is 2.37. The fourth-order valence-electron chi connectivity index (χ4n) is 2.55. The second-order valence-electron chi connectivity index (χ2n) is 4.99. The molecule has 5 heteroatoms. The van der Waals surface area contributed by atoms with Crippen molar-refractivity contribution in [2.45, 2.75) is 57.6 Å². The topological polar surface area (TPSA) is 55.1 Å². The molecule has 18 heavy (non-hydrogen) atoms. The van der Waals surface area contributed by atoms with Gasteiger partial charge < -0.3 is 5.11 Å². The lowest BCUT2D eigenvalue weighted by molar-refractivity contribution is 0.0106. The van der Waals surface area contributed by atoms with Crippen LogP contribution in [-0.2, 0) is 6.54 Å². The molecular formula is C13H19BrN2O2. The fraction of sp³-hybridized carbons (Fsp3) is 0.692. The quantitative estimate of drug-likeness (QED) is 0.869. The standard InChI is InChI=1S/C13H19BrN2O2/c1-2-8-16-11(10(14)9-15-16)12(17)13(18)6-4-3-5-7-13/h9,18H,2-8H2,1H3. The molecule has 1 heterocycles. The van der Waals surface area contributed by atoms with Crippen molar-refractivity contribution in [3.63, 3.8) is 0 Å². The van der Waals surface area contributed by atoms with Crippen LogP contribution in [0.15, 0.2) is 10.7 Å². The molecule has 1 aromatic heterocycles. The maximum atomic E-state index is 12.6. The van der Waals surface area contributed by atoms with Crippen LogP contribution in [0.5, 0.6) is 0 Å². The number of ketones is 1. The highest BCUT2D eigenvalue weighted by molar-refractivity contribution is 9.10. The first-order valence-corrected chi connectivity index (χ1v) is 7.36.